The first kappa shape index (κ1) is 32.1. The SMILES string of the molecule is Cc1cc(C)cc(C(C(=O)Nc2c(C)cccc2Cl)N(C(=O)C(Cc2ccccc2)NC(=O)OC(C)(C)C)C2CC2C)c1. The molecule has 1 aliphatic rings. The number of amides is 3. The lowest BCUT2D eigenvalue weighted by Gasteiger charge is -2.35. The molecule has 4 atom stereocenters. The van der Waals surface area contributed by atoms with E-state index in [1.165, 1.54) is 0 Å². The molecular weight excluding hydrogens is 562 g/mol. The molecule has 0 saturated heterocycles. The fourth-order valence-electron chi connectivity index (χ4n) is 5.44. The molecule has 0 aliphatic heterocycles. The van der Waals surface area contributed by atoms with Crippen molar-refractivity contribution in [3.8, 4) is 0 Å². The van der Waals surface area contributed by atoms with Gasteiger partial charge in [-0.1, -0.05) is 90.3 Å². The van der Waals surface area contributed by atoms with Gasteiger partial charge in [-0.05, 0) is 76.6 Å². The van der Waals surface area contributed by atoms with Crippen molar-refractivity contribution in [3.05, 3.63) is 99.6 Å². The molecule has 228 valence electrons. The third kappa shape index (κ3) is 8.38. The van der Waals surface area contributed by atoms with Crippen LogP contribution in [0.5, 0.6) is 0 Å². The summed E-state index contributed by atoms with van der Waals surface area (Å²) in [6.07, 6.45) is 0.293. The van der Waals surface area contributed by atoms with E-state index in [-0.39, 0.29) is 30.2 Å². The lowest BCUT2D eigenvalue weighted by Crippen LogP contribution is -2.54. The van der Waals surface area contributed by atoms with Crippen molar-refractivity contribution >= 4 is 35.2 Å². The first-order valence-corrected chi connectivity index (χ1v) is 15.1. The molecule has 0 radical (unpaired) electrons. The van der Waals surface area contributed by atoms with Crippen LogP contribution in [-0.2, 0) is 20.7 Å². The van der Waals surface area contributed by atoms with Crippen molar-refractivity contribution in [3.63, 3.8) is 0 Å². The lowest BCUT2D eigenvalue weighted by molar-refractivity contribution is -0.141. The largest absolute Gasteiger partial charge is 0.444 e. The van der Waals surface area contributed by atoms with Crippen LogP contribution in [0.25, 0.3) is 0 Å². The average Bonchev–Trinajstić information content (AvgIpc) is 3.63. The van der Waals surface area contributed by atoms with Gasteiger partial charge in [0.1, 0.15) is 17.7 Å². The minimum atomic E-state index is -0.965. The van der Waals surface area contributed by atoms with Gasteiger partial charge in [-0.3, -0.25) is 9.59 Å². The van der Waals surface area contributed by atoms with E-state index in [2.05, 4.69) is 17.6 Å². The summed E-state index contributed by atoms with van der Waals surface area (Å²) >= 11 is 6.51. The first-order valence-electron chi connectivity index (χ1n) is 14.7. The summed E-state index contributed by atoms with van der Waals surface area (Å²) in [5.41, 5.74) is 4.10. The number of nitrogens with zero attached hydrogens (tertiary/aromatic N) is 1. The third-order valence-electron chi connectivity index (χ3n) is 7.51. The number of rotatable bonds is 9. The molecule has 0 spiro atoms. The fourth-order valence-corrected chi connectivity index (χ4v) is 5.71. The van der Waals surface area contributed by atoms with Gasteiger partial charge in [0, 0.05) is 12.5 Å². The van der Waals surface area contributed by atoms with Crippen LogP contribution in [-0.4, -0.2) is 40.5 Å². The van der Waals surface area contributed by atoms with Crippen LogP contribution in [0, 0.1) is 26.7 Å². The van der Waals surface area contributed by atoms with Crippen LogP contribution in [0.3, 0.4) is 0 Å². The number of halogens is 1. The highest BCUT2D eigenvalue weighted by Gasteiger charge is 2.48. The van der Waals surface area contributed by atoms with Crippen LogP contribution < -0.4 is 10.6 Å². The van der Waals surface area contributed by atoms with Crippen LogP contribution in [0.2, 0.25) is 5.02 Å². The number of para-hydroxylation sites is 1. The molecule has 1 fully saturated rings. The van der Waals surface area contributed by atoms with Gasteiger partial charge >= 0.3 is 6.09 Å². The summed E-state index contributed by atoms with van der Waals surface area (Å²) in [7, 11) is 0. The topological polar surface area (TPSA) is 87.7 Å². The quantitative estimate of drug-likeness (QED) is 0.268. The van der Waals surface area contributed by atoms with E-state index in [1.807, 2.05) is 81.4 Å². The highest BCUT2D eigenvalue weighted by molar-refractivity contribution is 6.34. The molecule has 43 heavy (non-hydrogen) atoms. The van der Waals surface area contributed by atoms with Crippen LogP contribution >= 0.6 is 11.6 Å². The van der Waals surface area contributed by atoms with Crippen LogP contribution in [0.15, 0.2) is 66.7 Å². The number of aryl methyl sites for hydroxylation is 3. The smallest absolute Gasteiger partial charge is 0.408 e. The van der Waals surface area contributed by atoms with Crippen molar-refractivity contribution in [1.29, 1.82) is 0 Å². The highest BCUT2D eigenvalue weighted by atomic mass is 35.5. The van der Waals surface area contributed by atoms with Gasteiger partial charge in [-0.2, -0.15) is 0 Å². The predicted octanol–water partition coefficient (Wildman–Crippen LogP) is 7.32. The molecular formula is C35H42ClN3O4. The van der Waals surface area contributed by atoms with E-state index in [9.17, 15) is 14.4 Å². The molecule has 3 amide bonds. The molecule has 4 unspecified atom stereocenters. The Morgan fingerprint density at radius 3 is 2.16 bits per heavy atom. The van der Waals surface area contributed by atoms with Gasteiger partial charge in [0.05, 0.1) is 10.7 Å². The Bertz CT molecular complexity index is 1440. The van der Waals surface area contributed by atoms with Crippen LogP contribution in [0.1, 0.15) is 68.0 Å². The lowest BCUT2D eigenvalue weighted by atomic mass is 9.97. The number of carbonyl (C=O) groups excluding carboxylic acids is 3. The minimum Gasteiger partial charge on any atom is -0.444 e. The summed E-state index contributed by atoms with van der Waals surface area (Å²) in [6, 6.07) is 18.7. The molecule has 0 heterocycles. The van der Waals surface area contributed by atoms with E-state index >= 15 is 0 Å². The Hall–Kier alpha value is -3.84. The number of hydrogen-bond donors (Lipinski definition) is 2. The maximum absolute atomic E-state index is 14.7. The van der Waals surface area contributed by atoms with Gasteiger partial charge in [-0.15, -0.1) is 0 Å². The Balaban J connectivity index is 1.79. The predicted molar refractivity (Wildman–Crippen MR) is 171 cm³/mol. The van der Waals surface area contributed by atoms with E-state index in [0.717, 1.165) is 28.7 Å². The molecule has 7 nitrogen and oxygen atoms in total. The Morgan fingerprint density at radius 1 is 0.977 bits per heavy atom. The molecule has 0 bridgehead atoms. The van der Waals surface area contributed by atoms with Crippen molar-refractivity contribution in [2.75, 3.05) is 5.32 Å². The molecule has 1 saturated carbocycles. The number of ether oxygens (including phenoxy) is 1. The van der Waals surface area contributed by atoms with Crippen molar-refractivity contribution in [2.45, 2.75) is 85.0 Å². The second-order valence-electron chi connectivity index (χ2n) is 12.7. The number of carbonyl (C=O) groups is 3. The second kappa shape index (κ2) is 13.2. The molecule has 1 aliphatic carbocycles. The van der Waals surface area contributed by atoms with Gasteiger partial charge in [0.25, 0.3) is 5.91 Å². The average molecular weight is 604 g/mol. The number of benzene rings is 3. The number of anilines is 1. The third-order valence-corrected chi connectivity index (χ3v) is 7.82. The van der Waals surface area contributed by atoms with Crippen LogP contribution in [0.4, 0.5) is 10.5 Å². The van der Waals surface area contributed by atoms with E-state index in [0.29, 0.717) is 16.3 Å². The number of alkyl carbamates (subject to hydrolysis) is 1. The number of nitrogens with one attached hydrogen (secondary N) is 2. The summed E-state index contributed by atoms with van der Waals surface area (Å²) in [5.74, 6) is -0.533. The Labute approximate surface area is 260 Å². The van der Waals surface area contributed by atoms with E-state index < -0.39 is 23.8 Å². The van der Waals surface area contributed by atoms with Crippen molar-refractivity contribution in [1.82, 2.24) is 10.2 Å². The maximum Gasteiger partial charge on any atom is 0.408 e. The monoisotopic (exact) mass is 603 g/mol. The zero-order valence-electron chi connectivity index (χ0n) is 26.0. The number of hydrogen-bond acceptors (Lipinski definition) is 4. The second-order valence-corrected chi connectivity index (χ2v) is 13.1. The summed E-state index contributed by atoms with van der Waals surface area (Å²) in [4.78, 5) is 43.7. The fraction of sp³-hybridized carbons (Fsp3) is 0.400. The minimum absolute atomic E-state index is 0.185. The highest BCUT2D eigenvalue weighted by Crippen LogP contribution is 2.42. The van der Waals surface area contributed by atoms with Crippen molar-refractivity contribution < 1.29 is 19.1 Å². The zero-order valence-corrected chi connectivity index (χ0v) is 26.8. The van der Waals surface area contributed by atoms with E-state index in [1.54, 1.807) is 31.7 Å². The van der Waals surface area contributed by atoms with Gasteiger partial charge in [0.2, 0.25) is 5.91 Å². The molecule has 0 aromatic heterocycles. The summed E-state index contributed by atoms with van der Waals surface area (Å²) < 4.78 is 5.55. The normalized spacial score (nSPS) is 17.4. The molecule has 3 aromatic rings. The maximum atomic E-state index is 14.7. The molecule has 8 heteroatoms. The molecule has 4 rings (SSSR count). The molecule has 3 aromatic carbocycles. The van der Waals surface area contributed by atoms with Gasteiger partial charge in [0.15, 0.2) is 0 Å². The van der Waals surface area contributed by atoms with Crippen molar-refractivity contribution in [2.24, 2.45) is 5.92 Å². The summed E-state index contributed by atoms with van der Waals surface area (Å²) in [5, 5.41) is 6.28. The zero-order chi connectivity index (χ0) is 31.5. The molecule has 2 N–H and O–H groups in total. The standard InChI is InChI=1S/C35H42ClN3O4/c1-21-16-22(2)18-26(17-21)31(32(40)38-30-23(3)12-11-15-27(30)36)39(29-19-24(29)4)33(41)28(20-25-13-9-8-10-14-25)37-34(42)43-35(5,6)7/h8-18,24,28-29,31H,19-20H2,1-7H3,(H,37,42)(H,38,40). The van der Waals surface area contributed by atoms with Gasteiger partial charge in [-0.25, -0.2) is 4.79 Å². The van der Waals surface area contributed by atoms with E-state index in [4.69, 9.17) is 16.3 Å². The Kier molecular flexibility index (Phi) is 9.86. The Morgan fingerprint density at radius 2 is 1.60 bits per heavy atom. The first-order chi connectivity index (χ1) is 20.2. The summed E-state index contributed by atoms with van der Waals surface area (Å²) in [6.45, 7) is 13.2. The van der Waals surface area contributed by atoms with Gasteiger partial charge < -0.3 is 20.3 Å².